The maximum atomic E-state index is 11.9. The number of nitrogens with one attached hydrogen (secondary N) is 1. The third-order valence-electron chi connectivity index (χ3n) is 3.64. The van der Waals surface area contributed by atoms with Gasteiger partial charge in [0, 0.05) is 6.20 Å². The van der Waals surface area contributed by atoms with Crippen LogP contribution in [-0.2, 0) is 4.74 Å². The molecule has 0 spiro atoms. The molecular weight excluding hydrogens is 242 g/mol. The lowest BCUT2D eigenvalue weighted by Gasteiger charge is -2.09. The van der Waals surface area contributed by atoms with Gasteiger partial charge in [-0.05, 0) is 37.9 Å². The largest absolute Gasteiger partial charge is 0.464 e. The van der Waals surface area contributed by atoms with Crippen LogP contribution in [0.25, 0.3) is 5.52 Å². The topological polar surface area (TPSA) is 55.6 Å². The third kappa shape index (κ3) is 1.90. The van der Waals surface area contributed by atoms with E-state index in [1.165, 1.54) is 7.11 Å². The van der Waals surface area contributed by atoms with Gasteiger partial charge in [-0.15, -0.1) is 0 Å². The normalized spacial score (nSPS) is 18.9. The zero-order valence-corrected chi connectivity index (χ0v) is 11.1. The summed E-state index contributed by atoms with van der Waals surface area (Å²) in [5.41, 5.74) is 2.28. The van der Waals surface area contributed by atoms with Crippen LogP contribution in [0.4, 0.5) is 0 Å². The van der Waals surface area contributed by atoms with E-state index in [1.807, 2.05) is 29.7 Å². The Hall–Kier alpha value is -1.88. The highest BCUT2D eigenvalue weighted by atomic mass is 16.5. The number of fused-ring (bicyclic) bond motifs is 1. The van der Waals surface area contributed by atoms with Gasteiger partial charge in [0.2, 0.25) is 0 Å². The van der Waals surface area contributed by atoms with Crippen LogP contribution in [-0.4, -0.2) is 29.0 Å². The maximum absolute atomic E-state index is 11.9. The van der Waals surface area contributed by atoms with Crippen molar-refractivity contribution in [3.05, 3.63) is 35.4 Å². The van der Waals surface area contributed by atoms with E-state index in [4.69, 9.17) is 4.74 Å². The second-order valence-corrected chi connectivity index (χ2v) is 4.87. The smallest absolute Gasteiger partial charge is 0.358 e. The highest BCUT2D eigenvalue weighted by molar-refractivity contribution is 5.96. The van der Waals surface area contributed by atoms with Crippen LogP contribution >= 0.6 is 0 Å². The summed E-state index contributed by atoms with van der Waals surface area (Å²) in [7, 11) is 1.39. The second kappa shape index (κ2) is 4.66. The predicted octanol–water partition coefficient (Wildman–Crippen LogP) is 1.85. The number of hydrogen-bond donors (Lipinski definition) is 1. The maximum Gasteiger partial charge on any atom is 0.358 e. The average molecular weight is 259 g/mol. The average Bonchev–Trinajstić information content (AvgIpc) is 3.05. The predicted molar refractivity (Wildman–Crippen MR) is 71.2 cm³/mol. The molecule has 2 aromatic rings. The molecule has 2 aromatic heterocycles. The summed E-state index contributed by atoms with van der Waals surface area (Å²) < 4.78 is 6.84. The Bertz CT molecular complexity index is 627. The first kappa shape index (κ1) is 12.2. The molecular formula is C14H17N3O2. The summed E-state index contributed by atoms with van der Waals surface area (Å²) >= 11 is 0. The van der Waals surface area contributed by atoms with Gasteiger partial charge in [-0.1, -0.05) is 6.07 Å². The van der Waals surface area contributed by atoms with Crippen molar-refractivity contribution in [3.63, 3.8) is 0 Å². The van der Waals surface area contributed by atoms with Crippen LogP contribution < -0.4 is 5.32 Å². The van der Waals surface area contributed by atoms with Crippen molar-refractivity contribution in [1.82, 2.24) is 14.7 Å². The van der Waals surface area contributed by atoms with Crippen molar-refractivity contribution in [2.45, 2.75) is 25.8 Å². The quantitative estimate of drug-likeness (QED) is 0.836. The first-order valence-electron chi connectivity index (χ1n) is 6.51. The fraction of sp³-hybridized carbons (Fsp3) is 0.429. The van der Waals surface area contributed by atoms with E-state index in [0.717, 1.165) is 36.3 Å². The number of carbonyl (C=O) groups excluding carboxylic acids is 1. The SMILES string of the molecule is COC(=O)c1nc(C2CCCN2)n2cccc(C)c12. The summed E-state index contributed by atoms with van der Waals surface area (Å²) in [6.45, 7) is 2.98. The molecule has 0 aliphatic carbocycles. The lowest BCUT2D eigenvalue weighted by Crippen LogP contribution is -2.16. The van der Waals surface area contributed by atoms with Crippen LogP contribution in [0.2, 0.25) is 0 Å². The molecule has 5 heteroatoms. The highest BCUT2D eigenvalue weighted by Crippen LogP contribution is 2.26. The Balaban J connectivity index is 2.23. The highest BCUT2D eigenvalue weighted by Gasteiger charge is 2.26. The third-order valence-corrected chi connectivity index (χ3v) is 3.64. The van der Waals surface area contributed by atoms with Crippen molar-refractivity contribution < 1.29 is 9.53 Å². The molecule has 1 fully saturated rings. The molecule has 1 aliphatic heterocycles. The molecule has 3 heterocycles. The van der Waals surface area contributed by atoms with Crippen molar-refractivity contribution in [1.29, 1.82) is 0 Å². The molecule has 0 bridgehead atoms. The molecule has 1 saturated heterocycles. The number of carbonyl (C=O) groups is 1. The summed E-state index contributed by atoms with van der Waals surface area (Å²) in [6.07, 6.45) is 4.14. The second-order valence-electron chi connectivity index (χ2n) is 4.87. The first-order chi connectivity index (χ1) is 9.22. The van der Waals surface area contributed by atoms with Gasteiger partial charge in [0.25, 0.3) is 0 Å². The molecule has 1 aliphatic rings. The van der Waals surface area contributed by atoms with E-state index >= 15 is 0 Å². The zero-order valence-electron chi connectivity index (χ0n) is 11.1. The first-order valence-corrected chi connectivity index (χ1v) is 6.51. The fourth-order valence-corrected chi connectivity index (χ4v) is 2.72. The molecule has 100 valence electrons. The number of hydrogen-bond acceptors (Lipinski definition) is 4. The lowest BCUT2D eigenvalue weighted by atomic mass is 10.2. The molecule has 0 radical (unpaired) electrons. The minimum Gasteiger partial charge on any atom is -0.464 e. The number of rotatable bonds is 2. The van der Waals surface area contributed by atoms with Gasteiger partial charge in [-0.3, -0.25) is 0 Å². The monoisotopic (exact) mass is 259 g/mol. The van der Waals surface area contributed by atoms with Gasteiger partial charge in [0.05, 0.1) is 18.7 Å². The Morgan fingerprint density at radius 2 is 2.42 bits per heavy atom. The van der Waals surface area contributed by atoms with E-state index in [2.05, 4.69) is 10.3 Å². The lowest BCUT2D eigenvalue weighted by molar-refractivity contribution is 0.0596. The van der Waals surface area contributed by atoms with Crippen molar-refractivity contribution in [2.24, 2.45) is 0 Å². The molecule has 1 atom stereocenters. The zero-order chi connectivity index (χ0) is 13.4. The van der Waals surface area contributed by atoms with Gasteiger partial charge in [0.1, 0.15) is 5.82 Å². The number of aryl methyl sites for hydroxylation is 1. The summed E-state index contributed by atoms with van der Waals surface area (Å²) in [4.78, 5) is 16.4. The number of methoxy groups -OCH3 is 1. The summed E-state index contributed by atoms with van der Waals surface area (Å²) in [5.74, 6) is 0.521. The van der Waals surface area contributed by atoms with Gasteiger partial charge in [0.15, 0.2) is 5.69 Å². The van der Waals surface area contributed by atoms with E-state index in [9.17, 15) is 4.79 Å². The minimum atomic E-state index is -0.379. The van der Waals surface area contributed by atoms with Crippen LogP contribution in [0.15, 0.2) is 18.3 Å². The Morgan fingerprint density at radius 3 is 3.11 bits per heavy atom. The van der Waals surface area contributed by atoms with Crippen LogP contribution in [0.5, 0.6) is 0 Å². The molecule has 19 heavy (non-hydrogen) atoms. The van der Waals surface area contributed by atoms with Gasteiger partial charge >= 0.3 is 5.97 Å². The molecule has 3 rings (SSSR count). The van der Waals surface area contributed by atoms with E-state index in [0.29, 0.717) is 5.69 Å². The number of nitrogens with zero attached hydrogens (tertiary/aromatic N) is 2. The summed E-state index contributed by atoms with van der Waals surface area (Å²) in [5, 5.41) is 3.42. The molecule has 1 N–H and O–H groups in total. The van der Waals surface area contributed by atoms with Crippen molar-refractivity contribution in [2.75, 3.05) is 13.7 Å². The van der Waals surface area contributed by atoms with Crippen molar-refractivity contribution >= 4 is 11.5 Å². The Morgan fingerprint density at radius 1 is 1.58 bits per heavy atom. The van der Waals surface area contributed by atoms with E-state index < -0.39 is 0 Å². The van der Waals surface area contributed by atoms with Crippen molar-refractivity contribution in [3.8, 4) is 0 Å². The molecule has 0 amide bonds. The van der Waals surface area contributed by atoms with Gasteiger partial charge < -0.3 is 14.5 Å². The number of imidazole rings is 1. The molecule has 5 nitrogen and oxygen atoms in total. The number of esters is 1. The molecule has 0 saturated carbocycles. The Labute approximate surface area is 111 Å². The standard InChI is InChI=1S/C14H17N3O2/c1-9-5-4-8-17-12(9)11(14(18)19-2)16-13(17)10-6-3-7-15-10/h4-5,8,10,15H,3,6-7H2,1-2H3. The number of pyridine rings is 1. The minimum absolute atomic E-state index is 0.215. The van der Waals surface area contributed by atoms with E-state index in [-0.39, 0.29) is 12.0 Å². The van der Waals surface area contributed by atoms with Gasteiger partial charge in [-0.2, -0.15) is 0 Å². The fourth-order valence-electron chi connectivity index (χ4n) is 2.72. The molecule has 1 unspecified atom stereocenters. The van der Waals surface area contributed by atoms with Crippen LogP contribution in [0.3, 0.4) is 0 Å². The number of aromatic nitrogens is 2. The number of ether oxygens (including phenoxy) is 1. The van der Waals surface area contributed by atoms with Crippen LogP contribution in [0.1, 0.15) is 40.8 Å². The Kier molecular flexibility index (Phi) is 2.98. The summed E-state index contributed by atoms with van der Waals surface area (Å²) in [6, 6.07) is 4.17. The van der Waals surface area contributed by atoms with E-state index in [1.54, 1.807) is 0 Å². The van der Waals surface area contributed by atoms with Crippen LogP contribution in [0, 0.1) is 6.92 Å². The van der Waals surface area contributed by atoms with Gasteiger partial charge in [-0.25, -0.2) is 9.78 Å². The molecule has 0 aromatic carbocycles.